The highest BCUT2D eigenvalue weighted by Gasteiger charge is 2.37. The summed E-state index contributed by atoms with van der Waals surface area (Å²) in [5.41, 5.74) is 3.66. The lowest BCUT2D eigenvalue weighted by Crippen LogP contribution is -2.29. The number of anilines is 1. The van der Waals surface area contributed by atoms with Crippen LogP contribution in [0.5, 0.6) is 0 Å². The van der Waals surface area contributed by atoms with Crippen molar-refractivity contribution in [2.75, 3.05) is 4.90 Å². The van der Waals surface area contributed by atoms with Gasteiger partial charge in [0, 0.05) is 10.4 Å². The molecule has 0 fully saturated rings. The van der Waals surface area contributed by atoms with Crippen LogP contribution in [0.3, 0.4) is 0 Å². The molecule has 4 aromatic rings. The molecule has 1 aliphatic heterocycles. The normalized spacial score (nSPS) is 13.6. The molecule has 140 valence electrons. The molecule has 5 nitrogen and oxygen atoms in total. The van der Waals surface area contributed by atoms with E-state index < -0.39 is 0 Å². The Bertz CT molecular complexity index is 1320. The Morgan fingerprint density at radius 2 is 1.62 bits per heavy atom. The molecule has 2 amide bonds. The van der Waals surface area contributed by atoms with Gasteiger partial charge in [-0.25, -0.2) is 4.90 Å². The summed E-state index contributed by atoms with van der Waals surface area (Å²) in [6.45, 7) is 0. The zero-order valence-electron chi connectivity index (χ0n) is 15.1. The average Bonchev–Trinajstić information content (AvgIpc) is 3.26. The molecule has 0 saturated heterocycles. The van der Waals surface area contributed by atoms with E-state index in [1.54, 1.807) is 24.3 Å². The van der Waals surface area contributed by atoms with Crippen molar-refractivity contribution in [3.8, 4) is 0 Å². The Hall–Kier alpha value is -3.70. The number of H-pyrrole nitrogens is 1. The monoisotopic (exact) mass is 399 g/mol. The summed E-state index contributed by atoms with van der Waals surface area (Å²) >= 11 is 6.01. The molecule has 0 saturated carbocycles. The van der Waals surface area contributed by atoms with E-state index in [2.05, 4.69) is 10.2 Å². The summed E-state index contributed by atoms with van der Waals surface area (Å²) in [4.78, 5) is 27.0. The summed E-state index contributed by atoms with van der Waals surface area (Å²) < 4.78 is 0. The van der Waals surface area contributed by atoms with Gasteiger partial charge in [-0.1, -0.05) is 54.1 Å². The van der Waals surface area contributed by atoms with Crippen LogP contribution in [0.2, 0.25) is 5.02 Å². The molecule has 0 bridgehead atoms. The topological polar surface area (TPSA) is 66.1 Å². The first-order chi connectivity index (χ1) is 14.1. The first kappa shape index (κ1) is 17.4. The highest BCUT2D eigenvalue weighted by Crippen LogP contribution is 2.33. The number of fused-ring (bicyclic) bond motifs is 2. The number of aromatic nitrogens is 2. The number of amides is 2. The third-order valence-electron chi connectivity index (χ3n) is 4.95. The van der Waals surface area contributed by atoms with Gasteiger partial charge in [0.2, 0.25) is 0 Å². The van der Waals surface area contributed by atoms with Gasteiger partial charge in [0.05, 0.1) is 28.0 Å². The second-order valence-electron chi connectivity index (χ2n) is 6.68. The summed E-state index contributed by atoms with van der Waals surface area (Å²) in [6, 6.07) is 19.8. The predicted octanol–water partition coefficient (Wildman–Crippen LogP) is 5.19. The van der Waals surface area contributed by atoms with Crippen molar-refractivity contribution >= 4 is 52.2 Å². The zero-order valence-corrected chi connectivity index (χ0v) is 15.9. The van der Waals surface area contributed by atoms with Crippen LogP contribution in [0.1, 0.15) is 32.0 Å². The highest BCUT2D eigenvalue weighted by atomic mass is 35.5. The van der Waals surface area contributed by atoms with Crippen molar-refractivity contribution < 1.29 is 9.59 Å². The third kappa shape index (κ3) is 2.83. The number of nitrogens with one attached hydrogen (secondary N) is 1. The minimum atomic E-state index is -0.376. The Kier molecular flexibility index (Phi) is 4.03. The van der Waals surface area contributed by atoms with Crippen LogP contribution in [0.15, 0.2) is 66.7 Å². The van der Waals surface area contributed by atoms with E-state index >= 15 is 0 Å². The summed E-state index contributed by atoms with van der Waals surface area (Å²) in [7, 11) is 0. The maximum absolute atomic E-state index is 12.9. The second kappa shape index (κ2) is 6.72. The molecular formula is C23H14ClN3O2. The number of hydrogen-bond donors (Lipinski definition) is 1. The summed E-state index contributed by atoms with van der Waals surface area (Å²) in [6.07, 6.45) is 3.72. The fourth-order valence-electron chi connectivity index (χ4n) is 3.54. The molecule has 0 spiro atoms. The van der Waals surface area contributed by atoms with Crippen LogP contribution in [0.25, 0.3) is 23.1 Å². The fourth-order valence-corrected chi connectivity index (χ4v) is 3.72. The summed E-state index contributed by atoms with van der Waals surface area (Å²) in [5.74, 6) is -0.730. The number of carbonyl (C=O) groups excluding carboxylic acids is 2. The van der Waals surface area contributed by atoms with Crippen molar-refractivity contribution in [3.63, 3.8) is 0 Å². The molecule has 29 heavy (non-hydrogen) atoms. The molecule has 0 atom stereocenters. The molecule has 1 N–H and O–H groups in total. The standard InChI is InChI=1S/C23H14ClN3O2/c24-15-10-11-16-18(13-15)23(29)27(22(16)28)21-8-4-1-5-14(21)9-12-20-17-6-2-3-7-19(17)25-26-20/h1-13H,(H,25,26). The number of aromatic amines is 1. The largest absolute Gasteiger partial charge is 0.277 e. The van der Waals surface area contributed by atoms with E-state index in [0.717, 1.165) is 22.2 Å². The Morgan fingerprint density at radius 1 is 0.862 bits per heavy atom. The molecule has 0 radical (unpaired) electrons. The highest BCUT2D eigenvalue weighted by molar-refractivity contribution is 6.37. The minimum absolute atomic E-state index is 0.319. The third-order valence-corrected chi connectivity index (χ3v) is 5.18. The van der Waals surface area contributed by atoms with E-state index in [0.29, 0.717) is 21.8 Å². The van der Waals surface area contributed by atoms with Crippen molar-refractivity contribution in [3.05, 3.63) is 94.1 Å². The first-order valence-corrected chi connectivity index (χ1v) is 9.40. The van der Waals surface area contributed by atoms with Gasteiger partial charge in [0.25, 0.3) is 11.8 Å². The molecule has 0 unspecified atom stereocenters. The number of halogens is 1. The lowest BCUT2D eigenvalue weighted by atomic mass is 10.1. The maximum atomic E-state index is 12.9. The number of para-hydroxylation sites is 2. The van der Waals surface area contributed by atoms with Gasteiger partial charge in [-0.2, -0.15) is 5.10 Å². The maximum Gasteiger partial charge on any atom is 0.266 e. The van der Waals surface area contributed by atoms with Crippen LogP contribution >= 0.6 is 11.6 Å². The van der Waals surface area contributed by atoms with E-state index in [9.17, 15) is 9.59 Å². The van der Waals surface area contributed by atoms with Crippen LogP contribution in [-0.2, 0) is 0 Å². The van der Waals surface area contributed by atoms with Crippen molar-refractivity contribution in [2.24, 2.45) is 0 Å². The molecule has 2 heterocycles. The number of nitrogens with zero attached hydrogens (tertiary/aromatic N) is 2. The van der Waals surface area contributed by atoms with Gasteiger partial charge in [0.15, 0.2) is 0 Å². The van der Waals surface area contributed by atoms with E-state index in [1.165, 1.54) is 11.0 Å². The van der Waals surface area contributed by atoms with Crippen LogP contribution in [-0.4, -0.2) is 22.0 Å². The Morgan fingerprint density at radius 3 is 2.52 bits per heavy atom. The van der Waals surface area contributed by atoms with Gasteiger partial charge in [-0.15, -0.1) is 0 Å². The summed E-state index contributed by atoms with van der Waals surface area (Å²) in [5, 5.41) is 8.75. The minimum Gasteiger partial charge on any atom is -0.277 e. The van der Waals surface area contributed by atoms with Crippen molar-refractivity contribution in [2.45, 2.75) is 0 Å². The zero-order chi connectivity index (χ0) is 20.0. The van der Waals surface area contributed by atoms with Crippen LogP contribution in [0, 0.1) is 0 Å². The quantitative estimate of drug-likeness (QED) is 0.482. The molecular weight excluding hydrogens is 386 g/mol. The lowest BCUT2D eigenvalue weighted by Gasteiger charge is -2.16. The molecule has 1 aliphatic rings. The molecule has 5 rings (SSSR count). The lowest BCUT2D eigenvalue weighted by molar-refractivity contribution is 0.0926. The van der Waals surface area contributed by atoms with E-state index in [1.807, 2.05) is 48.6 Å². The molecule has 6 heteroatoms. The number of imide groups is 1. The Labute approximate surface area is 171 Å². The number of benzene rings is 3. The molecule has 1 aromatic heterocycles. The van der Waals surface area contributed by atoms with Gasteiger partial charge >= 0.3 is 0 Å². The predicted molar refractivity (Wildman–Crippen MR) is 114 cm³/mol. The number of hydrogen-bond acceptors (Lipinski definition) is 3. The van der Waals surface area contributed by atoms with Gasteiger partial charge in [-0.05, 0) is 42.0 Å². The average molecular weight is 400 g/mol. The molecule has 0 aliphatic carbocycles. The van der Waals surface area contributed by atoms with Crippen molar-refractivity contribution in [1.82, 2.24) is 10.2 Å². The second-order valence-corrected chi connectivity index (χ2v) is 7.12. The first-order valence-electron chi connectivity index (χ1n) is 9.02. The van der Waals surface area contributed by atoms with E-state index in [-0.39, 0.29) is 11.8 Å². The van der Waals surface area contributed by atoms with E-state index in [4.69, 9.17) is 11.6 Å². The Balaban J connectivity index is 1.55. The SMILES string of the molecule is O=C1c2ccc(Cl)cc2C(=O)N1c1ccccc1C=Cc1n[nH]c2ccccc12. The van der Waals surface area contributed by atoms with Crippen molar-refractivity contribution in [1.29, 1.82) is 0 Å². The van der Waals surface area contributed by atoms with Crippen LogP contribution in [0.4, 0.5) is 5.69 Å². The number of carbonyl (C=O) groups is 2. The van der Waals surface area contributed by atoms with Gasteiger partial charge in [-0.3, -0.25) is 14.7 Å². The fraction of sp³-hybridized carbons (Fsp3) is 0. The molecule has 3 aromatic carbocycles. The van der Waals surface area contributed by atoms with Crippen LogP contribution < -0.4 is 4.90 Å². The smallest absolute Gasteiger partial charge is 0.266 e. The van der Waals surface area contributed by atoms with Gasteiger partial charge in [0.1, 0.15) is 0 Å². The number of rotatable bonds is 3. The van der Waals surface area contributed by atoms with Gasteiger partial charge < -0.3 is 0 Å².